The van der Waals surface area contributed by atoms with Gasteiger partial charge in [-0.1, -0.05) is 0 Å². The number of halogens is 3. The topological polar surface area (TPSA) is 109 Å². The van der Waals surface area contributed by atoms with Crippen LogP contribution in [0.25, 0.3) is 10.9 Å². The zero-order valence-corrected chi connectivity index (χ0v) is 18.2. The highest BCUT2D eigenvalue weighted by Crippen LogP contribution is 2.32. The van der Waals surface area contributed by atoms with Gasteiger partial charge in [0.15, 0.2) is 9.84 Å². The second kappa shape index (κ2) is 8.47. The zero-order chi connectivity index (χ0) is 23.7. The van der Waals surface area contributed by atoms with E-state index in [1.807, 2.05) is 0 Å². The Hall–Kier alpha value is -3.06. The molecule has 0 saturated heterocycles. The van der Waals surface area contributed by atoms with Crippen LogP contribution in [0.1, 0.15) is 5.56 Å². The Morgan fingerprint density at radius 2 is 1.59 bits per heavy atom. The minimum Gasteiger partial charge on any atom is -0.497 e. The van der Waals surface area contributed by atoms with Gasteiger partial charge in [0.2, 0.25) is 0 Å². The van der Waals surface area contributed by atoms with Crippen molar-refractivity contribution in [2.45, 2.75) is 16.2 Å². The van der Waals surface area contributed by atoms with Gasteiger partial charge in [-0.05, 0) is 42.0 Å². The van der Waals surface area contributed by atoms with E-state index in [-0.39, 0.29) is 21.6 Å². The number of rotatable bonds is 7. The van der Waals surface area contributed by atoms with Crippen LogP contribution in [0.15, 0.2) is 53.6 Å². The fourth-order valence-corrected chi connectivity index (χ4v) is 4.74. The van der Waals surface area contributed by atoms with Crippen LogP contribution >= 0.6 is 0 Å². The molecule has 0 unspecified atom stereocenters. The standard InChI is InChI=1S/C19H16F3NO7S2/c1-28-14-4-6-17(29-2)18(9-14)31(24,25)11-12-7-13-8-15(3-5-16(13)23-10-12)30-32(26,27)19(20,21)22/h3-10H,11H2,1-2H3. The number of hydrogen-bond donors (Lipinski definition) is 0. The van der Waals surface area contributed by atoms with Crippen molar-refractivity contribution < 1.29 is 43.7 Å². The first-order chi connectivity index (χ1) is 14.9. The Morgan fingerprint density at radius 3 is 2.22 bits per heavy atom. The largest absolute Gasteiger partial charge is 0.534 e. The molecular weight excluding hydrogens is 475 g/mol. The summed E-state index contributed by atoms with van der Waals surface area (Å²) in [5.74, 6) is -0.696. The summed E-state index contributed by atoms with van der Waals surface area (Å²) in [6.45, 7) is 0. The lowest BCUT2D eigenvalue weighted by molar-refractivity contribution is -0.0500. The van der Waals surface area contributed by atoms with Crippen molar-refractivity contribution in [3.8, 4) is 17.2 Å². The molecular formula is C19H16F3NO7S2. The van der Waals surface area contributed by atoms with Gasteiger partial charge in [0.25, 0.3) is 0 Å². The van der Waals surface area contributed by atoms with E-state index in [4.69, 9.17) is 9.47 Å². The summed E-state index contributed by atoms with van der Waals surface area (Å²) in [5, 5.41) is 0.185. The molecule has 3 rings (SSSR count). The molecule has 13 heteroatoms. The van der Waals surface area contributed by atoms with Crippen molar-refractivity contribution in [3.63, 3.8) is 0 Å². The Balaban J connectivity index is 1.96. The van der Waals surface area contributed by atoms with Gasteiger partial charge >= 0.3 is 15.6 Å². The van der Waals surface area contributed by atoms with Crippen molar-refractivity contribution in [1.29, 1.82) is 0 Å². The van der Waals surface area contributed by atoms with Gasteiger partial charge < -0.3 is 13.7 Å². The number of benzene rings is 2. The molecule has 0 atom stereocenters. The number of pyridine rings is 1. The second-order valence-electron chi connectivity index (χ2n) is 6.46. The number of sulfone groups is 1. The van der Waals surface area contributed by atoms with Crippen LogP contribution in [-0.4, -0.2) is 41.5 Å². The molecule has 2 aromatic carbocycles. The maximum Gasteiger partial charge on any atom is 0.534 e. The first-order valence-corrected chi connectivity index (χ1v) is 11.8. The van der Waals surface area contributed by atoms with Crippen molar-refractivity contribution >= 4 is 30.9 Å². The SMILES string of the molecule is COc1ccc(OC)c(S(=O)(=O)Cc2cnc3ccc(OS(=O)(=O)C(F)(F)F)cc3c2)c1. The highest BCUT2D eigenvalue weighted by Gasteiger charge is 2.48. The molecule has 0 aliphatic rings. The Morgan fingerprint density at radius 1 is 0.906 bits per heavy atom. The van der Waals surface area contributed by atoms with E-state index < -0.39 is 37.0 Å². The minimum atomic E-state index is -5.85. The van der Waals surface area contributed by atoms with Crippen LogP contribution in [0.5, 0.6) is 17.2 Å². The van der Waals surface area contributed by atoms with Crippen LogP contribution in [0.3, 0.4) is 0 Å². The zero-order valence-electron chi connectivity index (χ0n) is 16.6. The summed E-state index contributed by atoms with van der Waals surface area (Å²) in [7, 11) is -7.09. The third-order valence-electron chi connectivity index (χ3n) is 4.26. The number of ether oxygens (including phenoxy) is 2. The van der Waals surface area contributed by atoms with Gasteiger partial charge in [-0.3, -0.25) is 4.98 Å². The minimum absolute atomic E-state index is 0.104. The summed E-state index contributed by atoms with van der Waals surface area (Å²) in [6.07, 6.45) is 1.29. The third kappa shape index (κ3) is 4.88. The molecule has 0 N–H and O–H groups in total. The Bertz CT molecular complexity index is 1370. The van der Waals surface area contributed by atoms with E-state index >= 15 is 0 Å². The van der Waals surface area contributed by atoms with Crippen LogP contribution in [0.4, 0.5) is 13.2 Å². The number of fused-ring (bicyclic) bond motifs is 1. The monoisotopic (exact) mass is 491 g/mol. The van der Waals surface area contributed by atoms with Gasteiger partial charge in [0, 0.05) is 17.6 Å². The normalized spacial score (nSPS) is 12.5. The second-order valence-corrected chi connectivity index (χ2v) is 9.95. The van der Waals surface area contributed by atoms with Crippen LogP contribution in [-0.2, 0) is 25.7 Å². The van der Waals surface area contributed by atoms with Crippen LogP contribution < -0.4 is 13.7 Å². The lowest BCUT2D eigenvalue weighted by atomic mass is 10.2. The summed E-state index contributed by atoms with van der Waals surface area (Å²) >= 11 is 0. The van der Waals surface area contributed by atoms with Crippen LogP contribution in [0.2, 0.25) is 0 Å². The highest BCUT2D eigenvalue weighted by molar-refractivity contribution is 7.90. The summed E-state index contributed by atoms with van der Waals surface area (Å²) in [6, 6.07) is 8.92. The predicted molar refractivity (Wildman–Crippen MR) is 108 cm³/mol. The number of aromatic nitrogens is 1. The molecule has 0 aliphatic heterocycles. The third-order valence-corrected chi connectivity index (χ3v) is 6.94. The van der Waals surface area contributed by atoms with Crippen molar-refractivity contribution in [1.82, 2.24) is 4.98 Å². The lowest BCUT2D eigenvalue weighted by Gasteiger charge is -2.12. The first-order valence-electron chi connectivity index (χ1n) is 8.70. The van der Waals surface area contributed by atoms with E-state index in [0.29, 0.717) is 11.3 Å². The van der Waals surface area contributed by atoms with E-state index in [2.05, 4.69) is 9.17 Å². The van der Waals surface area contributed by atoms with E-state index in [9.17, 15) is 30.0 Å². The van der Waals surface area contributed by atoms with E-state index in [1.54, 1.807) is 0 Å². The van der Waals surface area contributed by atoms with Gasteiger partial charge in [-0.15, -0.1) is 0 Å². The number of nitrogens with zero attached hydrogens (tertiary/aromatic N) is 1. The number of methoxy groups -OCH3 is 2. The van der Waals surface area contributed by atoms with E-state index in [1.165, 1.54) is 50.7 Å². The molecule has 0 fully saturated rings. The predicted octanol–water partition coefficient (Wildman–Crippen LogP) is 3.45. The average Bonchev–Trinajstić information content (AvgIpc) is 2.71. The smallest absolute Gasteiger partial charge is 0.497 e. The highest BCUT2D eigenvalue weighted by atomic mass is 32.2. The van der Waals surface area contributed by atoms with Crippen LogP contribution in [0, 0.1) is 0 Å². The number of hydrogen-bond acceptors (Lipinski definition) is 8. The van der Waals surface area contributed by atoms with Gasteiger partial charge in [-0.25, -0.2) is 8.42 Å². The Labute approximate surface area is 181 Å². The fraction of sp³-hybridized carbons (Fsp3) is 0.211. The van der Waals surface area contributed by atoms with Gasteiger partial charge in [-0.2, -0.15) is 21.6 Å². The fourth-order valence-electron chi connectivity index (χ4n) is 2.78. The van der Waals surface area contributed by atoms with E-state index in [0.717, 1.165) is 12.1 Å². The summed E-state index contributed by atoms with van der Waals surface area (Å²) in [4.78, 5) is 3.96. The molecule has 1 heterocycles. The molecule has 3 aromatic rings. The summed E-state index contributed by atoms with van der Waals surface area (Å²) in [5.41, 5.74) is -5.09. The van der Waals surface area contributed by atoms with Crippen molar-refractivity contribution in [2.75, 3.05) is 14.2 Å². The molecule has 1 aromatic heterocycles. The van der Waals surface area contributed by atoms with Gasteiger partial charge in [0.1, 0.15) is 22.1 Å². The Kier molecular flexibility index (Phi) is 6.24. The molecule has 8 nitrogen and oxygen atoms in total. The van der Waals surface area contributed by atoms with Crippen molar-refractivity contribution in [3.05, 3.63) is 54.2 Å². The molecule has 0 radical (unpaired) electrons. The molecule has 0 amide bonds. The molecule has 32 heavy (non-hydrogen) atoms. The molecule has 0 spiro atoms. The molecule has 172 valence electrons. The lowest BCUT2D eigenvalue weighted by Crippen LogP contribution is -2.28. The molecule has 0 aliphatic carbocycles. The quantitative estimate of drug-likeness (QED) is 0.365. The average molecular weight is 491 g/mol. The molecule has 0 saturated carbocycles. The van der Waals surface area contributed by atoms with Gasteiger partial charge in [0.05, 0.1) is 25.5 Å². The first kappa shape index (κ1) is 23.6. The maximum atomic E-state index is 13.0. The maximum absolute atomic E-state index is 13.0. The van der Waals surface area contributed by atoms with Crippen molar-refractivity contribution in [2.24, 2.45) is 0 Å². The number of alkyl halides is 3. The summed E-state index contributed by atoms with van der Waals surface area (Å²) < 4.78 is 100. The molecule has 0 bridgehead atoms.